The molecule has 0 aliphatic carbocycles. The number of halogens is 3. The van der Waals surface area contributed by atoms with Gasteiger partial charge in [-0.15, -0.1) is 0 Å². The molecule has 0 bridgehead atoms. The van der Waals surface area contributed by atoms with Gasteiger partial charge in [-0.2, -0.15) is 13.2 Å². The Labute approximate surface area is 103 Å². The number of esters is 1. The van der Waals surface area contributed by atoms with Crippen molar-refractivity contribution in [3.05, 3.63) is 29.3 Å². The molecule has 6 heteroatoms. The van der Waals surface area contributed by atoms with Gasteiger partial charge in [0.25, 0.3) is 0 Å². The van der Waals surface area contributed by atoms with Gasteiger partial charge in [0.15, 0.2) is 0 Å². The number of anilines is 1. The summed E-state index contributed by atoms with van der Waals surface area (Å²) in [6, 6.07) is 3.15. The van der Waals surface area contributed by atoms with Gasteiger partial charge in [-0.05, 0) is 32.0 Å². The van der Waals surface area contributed by atoms with Crippen molar-refractivity contribution in [2.75, 3.05) is 18.5 Å². The molecule has 3 nitrogen and oxygen atoms in total. The molecule has 1 rings (SSSR count). The van der Waals surface area contributed by atoms with E-state index in [9.17, 15) is 18.0 Å². The topological polar surface area (TPSA) is 38.3 Å². The van der Waals surface area contributed by atoms with Crippen LogP contribution in [-0.2, 0) is 10.9 Å². The molecule has 0 aromatic heterocycles. The van der Waals surface area contributed by atoms with E-state index in [4.69, 9.17) is 4.74 Å². The van der Waals surface area contributed by atoms with E-state index in [2.05, 4.69) is 5.32 Å². The lowest BCUT2D eigenvalue weighted by Gasteiger charge is -2.14. The minimum Gasteiger partial charge on any atom is -0.462 e. The summed E-state index contributed by atoms with van der Waals surface area (Å²) in [5.74, 6) is -0.634. The number of rotatable bonds is 4. The zero-order chi connectivity index (χ0) is 13.8. The van der Waals surface area contributed by atoms with Crippen LogP contribution in [0.15, 0.2) is 18.2 Å². The minimum atomic E-state index is -4.45. The lowest BCUT2D eigenvalue weighted by atomic mass is 10.1. The predicted octanol–water partition coefficient (Wildman–Crippen LogP) is 3.31. The van der Waals surface area contributed by atoms with Crippen LogP contribution >= 0.6 is 0 Å². The van der Waals surface area contributed by atoms with Crippen LogP contribution in [0.5, 0.6) is 0 Å². The molecule has 1 aromatic carbocycles. The molecule has 0 radical (unpaired) electrons. The van der Waals surface area contributed by atoms with E-state index in [1.807, 2.05) is 0 Å². The number of hydrogen-bond acceptors (Lipinski definition) is 3. The lowest BCUT2D eigenvalue weighted by Crippen LogP contribution is -2.13. The first kappa shape index (κ1) is 14.3. The summed E-state index contributed by atoms with van der Waals surface area (Å²) in [7, 11) is 0. The Morgan fingerprint density at radius 2 is 2.00 bits per heavy atom. The van der Waals surface area contributed by atoms with Crippen LogP contribution in [0.25, 0.3) is 0 Å². The number of carbonyl (C=O) groups is 1. The molecule has 1 aromatic rings. The third-order valence-corrected chi connectivity index (χ3v) is 2.20. The summed E-state index contributed by atoms with van der Waals surface area (Å²) < 4.78 is 42.8. The summed E-state index contributed by atoms with van der Waals surface area (Å²) in [5.41, 5.74) is -0.811. The first-order chi connectivity index (χ1) is 8.40. The van der Waals surface area contributed by atoms with Crippen LogP contribution in [0.2, 0.25) is 0 Å². The Balaban J connectivity index is 3.15. The second kappa shape index (κ2) is 5.75. The fourth-order valence-corrected chi connectivity index (χ4v) is 1.47. The van der Waals surface area contributed by atoms with Crippen LogP contribution in [0.4, 0.5) is 18.9 Å². The summed E-state index contributed by atoms with van der Waals surface area (Å²) in [4.78, 5) is 11.4. The maximum absolute atomic E-state index is 12.7. The molecular formula is C12H14F3NO2. The van der Waals surface area contributed by atoms with Crippen molar-refractivity contribution in [1.82, 2.24) is 0 Å². The van der Waals surface area contributed by atoms with Crippen molar-refractivity contribution < 1.29 is 22.7 Å². The van der Waals surface area contributed by atoms with E-state index < -0.39 is 17.7 Å². The van der Waals surface area contributed by atoms with Crippen molar-refractivity contribution in [2.45, 2.75) is 20.0 Å². The molecule has 0 atom stereocenters. The third kappa shape index (κ3) is 3.38. The maximum atomic E-state index is 12.7. The quantitative estimate of drug-likeness (QED) is 0.845. The number of ether oxygens (including phenoxy) is 1. The average Bonchev–Trinajstić information content (AvgIpc) is 2.28. The molecule has 100 valence electrons. The molecule has 0 aliphatic heterocycles. The van der Waals surface area contributed by atoms with Crippen molar-refractivity contribution in [1.29, 1.82) is 0 Å². The van der Waals surface area contributed by atoms with E-state index >= 15 is 0 Å². The second-order valence-electron chi connectivity index (χ2n) is 3.51. The van der Waals surface area contributed by atoms with Gasteiger partial charge in [0.05, 0.1) is 17.7 Å². The number of alkyl halides is 3. The maximum Gasteiger partial charge on any atom is 0.418 e. The zero-order valence-corrected chi connectivity index (χ0v) is 10.1. The lowest BCUT2D eigenvalue weighted by molar-refractivity contribution is -0.137. The zero-order valence-electron chi connectivity index (χ0n) is 10.1. The summed E-state index contributed by atoms with van der Waals surface area (Å²) in [6.45, 7) is 3.82. The summed E-state index contributed by atoms with van der Waals surface area (Å²) in [6.07, 6.45) is -4.45. The number of carbonyl (C=O) groups excluding carboxylic acids is 1. The first-order valence-electron chi connectivity index (χ1n) is 5.52. The van der Waals surface area contributed by atoms with Crippen molar-refractivity contribution in [3.63, 3.8) is 0 Å². The van der Waals surface area contributed by atoms with E-state index in [-0.39, 0.29) is 17.9 Å². The van der Waals surface area contributed by atoms with Crippen molar-refractivity contribution in [3.8, 4) is 0 Å². The van der Waals surface area contributed by atoms with Crippen LogP contribution in [0, 0.1) is 0 Å². The molecule has 1 N–H and O–H groups in total. The van der Waals surface area contributed by atoms with Gasteiger partial charge < -0.3 is 10.1 Å². The Kier molecular flexibility index (Phi) is 4.58. The number of hydrogen-bond donors (Lipinski definition) is 1. The Hall–Kier alpha value is -1.72. The molecule has 0 heterocycles. The molecule has 0 amide bonds. The molecule has 0 spiro atoms. The SMILES string of the molecule is CCNc1cc(C(=O)OCC)ccc1C(F)(F)F. The molecule has 0 saturated heterocycles. The van der Waals surface area contributed by atoms with Crippen LogP contribution in [-0.4, -0.2) is 19.1 Å². The van der Waals surface area contributed by atoms with E-state index in [1.54, 1.807) is 13.8 Å². The van der Waals surface area contributed by atoms with Gasteiger partial charge in [0.2, 0.25) is 0 Å². The second-order valence-corrected chi connectivity index (χ2v) is 3.51. The normalized spacial score (nSPS) is 11.2. The highest BCUT2D eigenvalue weighted by atomic mass is 19.4. The molecule has 0 fully saturated rings. The molecular weight excluding hydrogens is 247 g/mol. The predicted molar refractivity (Wildman–Crippen MR) is 61.6 cm³/mol. The van der Waals surface area contributed by atoms with E-state index in [0.29, 0.717) is 6.54 Å². The fourth-order valence-electron chi connectivity index (χ4n) is 1.47. The standard InChI is InChI=1S/C12H14F3NO2/c1-3-16-10-7-8(11(17)18-4-2)5-6-9(10)12(13,14)15/h5-7,16H,3-4H2,1-2H3. The first-order valence-corrected chi connectivity index (χ1v) is 5.52. The molecule has 0 saturated carbocycles. The molecule has 0 unspecified atom stereocenters. The van der Waals surface area contributed by atoms with Crippen LogP contribution < -0.4 is 5.32 Å². The van der Waals surface area contributed by atoms with Crippen LogP contribution in [0.3, 0.4) is 0 Å². The highest BCUT2D eigenvalue weighted by Crippen LogP contribution is 2.35. The van der Waals surface area contributed by atoms with Crippen molar-refractivity contribution in [2.24, 2.45) is 0 Å². The van der Waals surface area contributed by atoms with Gasteiger partial charge >= 0.3 is 12.1 Å². The molecule has 18 heavy (non-hydrogen) atoms. The fraction of sp³-hybridized carbons (Fsp3) is 0.417. The number of nitrogens with one attached hydrogen (secondary N) is 1. The van der Waals surface area contributed by atoms with Gasteiger partial charge in [0, 0.05) is 12.2 Å². The Morgan fingerprint density at radius 1 is 1.33 bits per heavy atom. The molecule has 0 aliphatic rings. The van der Waals surface area contributed by atoms with Gasteiger partial charge in [-0.25, -0.2) is 4.79 Å². The monoisotopic (exact) mass is 261 g/mol. The average molecular weight is 261 g/mol. The smallest absolute Gasteiger partial charge is 0.418 e. The van der Waals surface area contributed by atoms with Gasteiger partial charge in [-0.3, -0.25) is 0 Å². The minimum absolute atomic E-state index is 0.0980. The van der Waals surface area contributed by atoms with E-state index in [1.165, 1.54) is 0 Å². The number of benzene rings is 1. The van der Waals surface area contributed by atoms with Gasteiger partial charge in [-0.1, -0.05) is 0 Å². The Bertz CT molecular complexity index is 430. The van der Waals surface area contributed by atoms with Crippen LogP contribution in [0.1, 0.15) is 29.8 Å². The highest BCUT2D eigenvalue weighted by Gasteiger charge is 2.33. The highest BCUT2D eigenvalue weighted by molar-refractivity contribution is 5.90. The van der Waals surface area contributed by atoms with E-state index in [0.717, 1.165) is 18.2 Å². The Morgan fingerprint density at radius 3 is 2.50 bits per heavy atom. The third-order valence-electron chi connectivity index (χ3n) is 2.20. The van der Waals surface area contributed by atoms with Crippen molar-refractivity contribution >= 4 is 11.7 Å². The van der Waals surface area contributed by atoms with Gasteiger partial charge in [0.1, 0.15) is 0 Å². The largest absolute Gasteiger partial charge is 0.462 e. The summed E-state index contributed by atoms with van der Waals surface area (Å²) in [5, 5.41) is 2.59. The summed E-state index contributed by atoms with van der Waals surface area (Å²) >= 11 is 0.